The van der Waals surface area contributed by atoms with Crippen LogP contribution in [0.4, 0.5) is 20.2 Å². The summed E-state index contributed by atoms with van der Waals surface area (Å²) in [7, 11) is 1.68. The molecule has 0 saturated carbocycles. The Labute approximate surface area is 165 Å². The van der Waals surface area contributed by atoms with Crippen molar-refractivity contribution in [3.63, 3.8) is 0 Å². The van der Waals surface area contributed by atoms with Crippen molar-refractivity contribution in [1.82, 2.24) is 4.90 Å². The number of alkyl halides is 2. The van der Waals surface area contributed by atoms with Gasteiger partial charge in [0.25, 0.3) is 6.43 Å². The summed E-state index contributed by atoms with van der Waals surface area (Å²) in [5.41, 5.74) is 5.32. The monoisotopic (exact) mass is 400 g/mol. The van der Waals surface area contributed by atoms with Crippen molar-refractivity contribution in [1.29, 1.82) is 0 Å². The van der Waals surface area contributed by atoms with Gasteiger partial charge in [-0.15, -0.1) is 0 Å². The van der Waals surface area contributed by atoms with Crippen LogP contribution in [0.3, 0.4) is 0 Å². The zero-order chi connectivity index (χ0) is 19.2. The molecule has 0 bridgehead atoms. The van der Waals surface area contributed by atoms with Gasteiger partial charge in [-0.2, -0.15) is 5.48 Å². The minimum atomic E-state index is -2.23. The molecule has 158 valence electrons. The van der Waals surface area contributed by atoms with Gasteiger partial charge in [0.15, 0.2) is 5.69 Å². The number of anilines is 1. The average molecular weight is 400 g/mol. The van der Waals surface area contributed by atoms with Crippen molar-refractivity contribution < 1.29 is 29.3 Å². The molecule has 1 spiro atoms. The van der Waals surface area contributed by atoms with Crippen molar-refractivity contribution in [2.45, 2.75) is 45.1 Å². The Morgan fingerprint density at radius 1 is 1.21 bits per heavy atom. The van der Waals surface area contributed by atoms with Crippen LogP contribution in [-0.2, 0) is 11.3 Å². The van der Waals surface area contributed by atoms with Crippen molar-refractivity contribution in [2.75, 3.05) is 44.7 Å². The van der Waals surface area contributed by atoms with Crippen LogP contribution in [0.25, 0.3) is 0 Å². The van der Waals surface area contributed by atoms with Crippen LogP contribution in [0.5, 0.6) is 5.75 Å². The molecule has 8 heteroatoms. The van der Waals surface area contributed by atoms with Crippen LogP contribution < -0.4 is 15.1 Å². The van der Waals surface area contributed by atoms with Crippen LogP contribution >= 0.6 is 0 Å². The minimum absolute atomic E-state index is 0. The largest absolute Gasteiger partial charge is 0.487 e. The first-order valence-corrected chi connectivity index (χ1v) is 9.77. The molecule has 2 fully saturated rings. The van der Waals surface area contributed by atoms with Crippen LogP contribution in [-0.4, -0.2) is 62.2 Å². The smallest absolute Gasteiger partial charge is 0.251 e. The third-order valence-corrected chi connectivity index (χ3v) is 6.14. The Balaban J connectivity index is 0.00000225. The molecule has 0 unspecified atom stereocenters. The number of piperidine rings is 1. The molecule has 3 aliphatic rings. The number of hydrogen-bond donors (Lipinski definition) is 1. The second-order valence-corrected chi connectivity index (χ2v) is 8.96. The lowest BCUT2D eigenvalue weighted by Crippen LogP contribution is -2.76. The summed E-state index contributed by atoms with van der Waals surface area (Å²) in [6.45, 7) is 7.63. The van der Waals surface area contributed by atoms with Crippen LogP contribution in [0.1, 0.15) is 32.3 Å². The molecule has 3 aliphatic heterocycles. The summed E-state index contributed by atoms with van der Waals surface area (Å²) in [4.78, 5) is 9.60. The van der Waals surface area contributed by atoms with Gasteiger partial charge in [0.05, 0.1) is 13.7 Å². The number of hydrogen-bond acceptors (Lipinski definition) is 4. The van der Waals surface area contributed by atoms with Crippen LogP contribution in [0.2, 0.25) is 0 Å². The number of benzene rings is 1. The molecule has 4 N–H and O–H groups in total. The molecule has 0 amide bonds. The van der Waals surface area contributed by atoms with E-state index in [0.29, 0.717) is 0 Å². The van der Waals surface area contributed by atoms with Gasteiger partial charge in [-0.3, -0.25) is 4.90 Å². The predicted molar refractivity (Wildman–Crippen MR) is 103 cm³/mol. The highest BCUT2D eigenvalue weighted by molar-refractivity contribution is 5.68. The fourth-order valence-electron chi connectivity index (χ4n) is 4.92. The molecule has 28 heavy (non-hydrogen) atoms. The van der Waals surface area contributed by atoms with Gasteiger partial charge in [0.2, 0.25) is 0 Å². The van der Waals surface area contributed by atoms with E-state index in [4.69, 9.17) is 9.57 Å². The van der Waals surface area contributed by atoms with Gasteiger partial charge in [0, 0.05) is 50.3 Å². The van der Waals surface area contributed by atoms with E-state index >= 15 is 0 Å². The van der Waals surface area contributed by atoms with E-state index in [-0.39, 0.29) is 23.0 Å². The van der Waals surface area contributed by atoms with Crippen molar-refractivity contribution >= 4 is 11.4 Å². The lowest BCUT2D eigenvalue weighted by atomic mass is 9.72. The molecule has 1 aromatic rings. The number of rotatable bonds is 5. The summed E-state index contributed by atoms with van der Waals surface area (Å²) >= 11 is 0. The molecule has 3 heterocycles. The van der Waals surface area contributed by atoms with Gasteiger partial charge in [-0.25, -0.2) is 13.6 Å². The predicted octanol–water partition coefficient (Wildman–Crippen LogP) is 1.50. The van der Waals surface area contributed by atoms with Crippen molar-refractivity contribution in [3.8, 4) is 5.75 Å². The summed E-state index contributed by atoms with van der Waals surface area (Å²) in [5.74, 6) is 0.968. The summed E-state index contributed by atoms with van der Waals surface area (Å²) in [6.07, 6.45) is 0.756. The highest BCUT2D eigenvalue weighted by Crippen LogP contribution is 2.44. The van der Waals surface area contributed by atoms with Gasteiger partial charge >= 0.3 is 0 Å². The second kappa shape index (κ2) is 7.74. The van der Waals surface area contributed by atoms with E-state index in [2.05, 4.69) is 30.9 Å². The van der Waals surface area contributed by atoms with Gasteiger partial charge < -0.3 is 15.1 Å². The highest BCUT2D eigenvalue weighted by atomic mass is 19.3. The Morgan fingerprint density at radius 2 is 1.89 bits per heavy atom. The Kier molecular flexibility index (Phi) is 5.87. The number of ether oxygens (including phenoxy) is 1. The first kappa shape index (κ1) is 21.2. The molecule has 2 saturated heterocycles. The molecule has 0 aromatic heterocycles. The number of likely N-dealkylation sites (tertiary alicyclic amines) is 1. The van der Waals surface area contributed by atoms with E-state index in [0.717, 1.165) is 62.6 Å². The lowest BCUT2D eigenvalue weighted by molar-refractivity contribution is -0.829. The standard InChI is InChI=1S/C20H29F2N3O2.H2O/c1-19(2)10-14-8-15(23-26-3)16(9-17(14)27-19)25-6-4-20(5-7-25)12-24(13-20)11-18(21)22;/h8-9,18,23H,4-7,10-13H2,1-3H3;1H2/p+1. The van der Waals surface area contributed by atoms with Gasteiger partial charge in [-0.1, -0.05) is 0 Å². The maximum absolute atomic E-state index is 12.5. The molecule has 0 radical (unpaired) electrons. The highest BCUT2D eigenvalue weighted by Gasteiger charge is 2.45. The fraction of sp³-hybridized carbons (Fsp3) is 0.700. The first-order chi connectivity index (χ1) is 12.8. The molecular formula is C20H32F2N3O3+. The van der Waals surface area contributed by atoms with Crippen molar-refractivity contribution in [2.24, 2.45) is 5.41 Å². The van der Waals surface area contributed by atoms with E-state index in [9.17, 15) is 8.78 Å². The van der Waals surface area contributed by atoms with Crippen LogP contribution in [0.15, 0.2) is 12.1 Å². The Hall–Kier alpha value is -1.48. The summed E-state index contributed by atoms with van der Waals surface area (Å²) in [6, 6.07) is 4.33. The topological polar surface area (TPSA) is 73.0 Å². The zero-order valence-electron chi connectivity index (χ0n) is 16.9. The number of halogens is 2. The van der Waals surface area contributed by atoms with Gasteiger partial charge in [-0.05, 0) is 32.1 Å². The summed E-state index contributed by atoms with van der Waals surface area (Å²) in [5, 5.41) is 0. The fourth-order valence-corrected chi connectivity index (χ4v) is 4.92. The molecule has 6 nitrogen and oxygen atoms in total. The second-order valence-electron chi connectivity index (χ2n) is 8.96. The minimum Gasteiger partial charge on any atom is -0.487 e. The van der Waals surface area contributed by atoms with E-state index < -0.39 is 6.43 Å². The Bertz CT molecular complexity index is 698. The maximum atomic E-state index is 12.5. The number of nitrogens with two attached hydrogens (primary N) is 1. The van der Waals surface area contributed by atoms with Crippen molar-refractivity contribution in [3.05, 3.63) is 17.7 Å². The van der Waals surface area contributed by atoms with E-state index in [1.165, 1.54) is 5.56 Å². The molecule has 4 rings (SSSR count). The number of quaternary nitrogens is 1. The normalized spacial score (nSPS) is 22.6. The molecule has 0 atom stereocenters. The molecule has 1 aromatic carbocycles. The van der Waals surface area contributed by atoms with Gasteiger partial charge in [0.1, 0.15) is 17.0 Å². The quantitative estimate of drug-likeness (QED) is 0.601. The zero-order valence-corrected chi connectivity index (χ0v) is 16.9. The Morgan fingerprint density at radius 3 is 2.50 bits per heavy atom. The third kappa shape index (κ3) is 4.10. The van der Waals surface area contributed by atoms with E-state index in [1.807, 2.05) is 4.90 Å². The first-order valence-electron chi connectivity index (χ1n) is 9.77. The lowest BCUT2D eigenvalue weighted by Gasteiger charge is -2.54. The average Bonchev–Trinajstić information content (AvgIpc) is 2.86. The number of nitrogens with zero attached hydrogens (tertiary/aromatic N) is 2. The third-order valence-electron chi connectivity index (χ3n) is 6.14. The summed E-state index contributed by atoms with van der Waals surface area (Å²) < 4.78 is 31.2. The van der Waals surface area contributed by atoms with Crippen LogP contribution in [0, 0.1) is 5.41 Å². The maximum Gasteiger partial charge on any atom is 0.251 e. The molecular weight excluding hydrogens is 368 g/mol. The van der Waals surface area contributed by atoms with E-state index in [1.54, 1.807) is 12.6 Å². The molecule has 0 aliphatic carbocycles. The number of fused-ring (bicyclic) bond motifs is 1. The SMILES string of the molecule is CO[NH2+]c1cc2c(cc1N1CCC3(CC1)CN(CC(F)F)C3)OC(C)(C)C2.O.